The quantitative estimate of drug-likeness (QED) is 0.518. The number of hydrogen-bond donors (Lipinski definition) is 1. The summed E-state index contributed by atoms with van der Waals surface area (Å²) >= 11 is 0. The summed E-state index contributed by atoms with van der Waals surface area (Å²) in [6, 6.07) is 0.654. The van der Waals surface area contributed by atoms with Crippen molar-refractivity contribution in [2.75, 3.05) is 26.8 Å². The molecule has 2 atom stereocenters. The lowest BCUT2D eigenvalue weighted by atomic mass is 10.1. The maximum absolute atomic E-state index is 11.2. The van der Waals surface area contributed by atoms with Gasteiger partial charge in [0.1, 0.15) is 0 Å². The first-order chi connectivity index (χ1) is 5.77. The van der Waals surface area contributed by atoms with Gasteiger partial charge < -0.3 is 10.1 Å². The highest BCUT2D eigenvalue weighted by Crippen LogP contribution is 2.15. The molecule has 0 aromatic carbocycles. The molecule has 2 aliphatic heterocycles. The smallest absolute Gasteiger partial charge is 0.221 e. The summed E-state index contributed by atoms with van der Waals surface area (Å²) in [5, 5.41) is 2.89. The van der Waals surface area contributed by atoms with Crippen molar-refractivity contribution in [2.45, 2.75) is 18.5 Å². The third kappa shape index (κ3) is 1.32. The summed E-state index contributed by atoms with van der Waals surface area (Å²) in [6.07, 6.45) is 0.576. The van der Waals surface area contributed by atoms with Crippen LogP contribution in [0.25, 0.3) is 0 Å². The topological polar surface area (TPSA) is 41.6 Å². The Kier molecular flexibility index (Phi) is 2.02. The van der Waals surface area contributed by atoms with Gasteiger partial charge >= 0.3 is 0 Å². The number of carbonyl (C=O) groups is 1. The van der Waals surface area contributed by atoms with E-state index in [0.29, 0.717) is 19.1 Å². The minimum Gasteiger partial charge on any atom is -0.378 e. The molecule has 2 heterocycles. The van der Waals surface area contributed by atoms with Crippen molar-refractivity contribution < 1.29 is 9.53 Å². The third-order valence-electron chi connectivity index (χ3n) is 2.73. The van der Waals surface area contributed by atoms with Crippen molar-refractivity contribution >= 4 is 5.91 Å². The van der Waals surface area contributed by atoms with Crippen molar-refractivity contribution in [3.8, 4) is 0 Å². The molecule has 68 valence electrons. The second-order valence-electron chi connectivity index (χ2n) is 3.52. The van der Waals surface area contributed by atoms with Gasteiger partial charge in [-0.05, 0) is 7.05 Å². The molecule has 0 aromatic rings. The van der Waals surface area contributed by atoms with E-state index in [9.17, 15) is 4.79 Å². The molecule has 1 N–H and O–H groups in total. The van der Waals surface area contributed by atoms with Gasteiger partial charge in [-0.3, -0.25) is 9.69 Å². The minimum absolute atomic E-state index is 0.153. The third-order valence-corrected chi connectivity index (χ3v) is 2.73. The number of hydrogen-bond acceptors (Lipinski definition) is 3. The Hall–Kier alpha value is -0.610. The monoisotopic (exact) mass is 170 g/mol. The van der Waals surface area contributed by atoms with Crippen molar-refractivity contribution in [3.63, 3.8) is 0 Å². The average Bonchev–Trinajstić information content (AvgIpc) is 2.17. The number of likely N-dealkylation sites (N-methyl/N-ethyl adjacent to an activating group) is 1. The predicted molar refractivity (Wildman–Crippen MR) is 43.8 cm³/mol. The van der Waals surface area contributed by atoms with Crippen LogP contribution in [-0.4, -0.2) is 49.7 Å². The molecule has 0 radical (unpaired) electrons. The zero-order valence-corrected chi connectivity index (χ0v) is 7.25. The first-order valence-corrected chi connectivity index (χ1v) is 4.34. The zero-order chi connectivity index (χ0) is 8.55. The molecule has 2 bridgehead atoms. The fourth-order valence-electron chi connectivity index (χ4n) is 1.80. The van der Waals surface area contributed by atoms with Gasteiger partial charge in [0.2, 0.25) is 5.91 Å². The molecule has 4 heteroatoms. The average molecular weight is 170 g/mol. The molecule has 0 aromatic heterocycles. The van der Waals surface area contributed by atoms with Gasteiger partial charge in [0, 0.05) is 19.0 Å². The van der Waals surface area contributed by atoms with Crippen molar-refractivity contribution in [1.29, 1.82) is 0 Å². The molecular weight excluding hydrogens is 156 g/mol. The van der Waals surface area contributed by atoms with Gasteiger partial charge in [0.25, 0.3) is 0 Å². The van der Waals surface area contributed by atoms with Gasteiger partial charge in [-0.1, -0.05) is 0 Å². The van der Waals surface area contributed by atoms with E-state index in [0.717, 1.165) is 13.2 Å². The summed E-state index contributed by atoms with van der Waals surface area (Å²) < 4.78 is 5.40. The van der Waals surface area contributed by atoms with E-state index < -0.39 is 0 Å². The van der Waals surface area contributed by atoms with Crippen LogP contribution in [0, 0.1) is 0 Å². The van der Waals surface area contributed by atoms with Crippen LogP contribution in [0.3, 0.4) is 0 Å². The van der Waals surface area contributed by atoms with Gasteiger partial charge in [0.15, 0.2) is 0 Å². The Balaban J connectivity index is 2.13. The molecule has 2 aliphatic rings. The lowest BCUT2D eigenvalue weighted by Gasteiger charge is -2.36. The van der Waals surface area contributed by atoms with E-state index in [1.54, 1.807) is 0 Å². The number of carbonyl (C=O) groups excluding carboxylic acids is 1. The van der Waals surface area contributed by atoms with Crippen LogP contribution in [0.1, 0.15) is 6.42 Å². The Morgan fingerprint density at radius 1 is 1.50 bits per heavy atom. The Morgan fingerprint density at radius 2 is 2.25 bits per heavy atom. The number of ether oxygens (including phenoxy) is 1. The van der Waals surface area contributed by atoms with E-state index >= 15 is 0 Å². The van der Waals surface area contributed by atoms with Crippen LogP contribution in [0.2, 0.25) is 0 Å². The number of morpholine rings is 1. The lowest BCUT2D eigenvalue weighted by Crippen LogP contribution is -2.50. The second kappa shape index (κ2) is 3.03. The van der Waals surface area contributed by atoms with Gasteiger partial charge in [0.05, 0.1) is 19.3 Å². The summed E-state index contributed by atoms with van der Waals surface area (Å²) in [4.78, 5) is 13.4. The molecule has 2 fully saturated rings. The summed E-state index contributed by atoms with van der Waals surface area (Å²) in [7, 11) is 2.07. The molecule has 0 spiro atoms. The van der Waals surface area contributed by atoms with Crippen molar-refractivity contribution in [1.82, 2.24) is 10.2 Å². The zero-order valence-electron chi connectivity index (χ0n) is 7.25. The first-order valence-electron chi connectivity index (χ1n) is 4.34. The lowest BCUT2D eigenvalue weighted by molar-refractivity contribution is -0.121. The van der Waals surface area contributed by atoms with Crippen molar-refractivity contribution in [3.05, 3.63) is 0 Å². The maximum atomic E-state index is 11.2. The summed E-state index contributed by atoms with van der Waals surface area (Å²) in [5.74, 6) is 0.153. The largest absolute Gasteiger partial charge is 0.378 e. The van der Waals surface area contributed by atoms with E-state index in [4.69, 9.17) is 4.74 Å². The number of fused-ring (bicyclic) bond motifs is 2. The highest BCUT2D eigenvalue weighted by Gasteiger charge is 2.32. The summed E-state index contributed by atoms with van der Waals surface area (Å²) in [5.41, 5.74) is 0. The molecule has 4 nitrogen and oxygen atoms in total. The highest BCUT2D eigenvalue weighted by atomic mass is 16.5. The Labute approximate surface area is 71.9 Å². The number of nitrogens with one attached hydrogen (secondary N) is 1. The van der Waals surface area contributed by atoms with E-state index in [-0.39, 0.29) is 11.9 Å². The van der Waals surface area contributed by atoms with E-state index in [1.807, 2.05) is 0 Å². The highest BCUT2D eigenvalue weighted by molar-refractivity contribution is 5.77. The molecule has 2 saturated heterocycles. The number of amides is 1. The normalized spacial score (nSPS) is 37.2. The molecular formula is C8H14N2O2. The summed E-state index contributed by atoms with van der Waals surface area (Å²) in [6.45, 7) is 2.17. The predicted octanol–water partition coefficient (Wildman–Crippen LogP) is -0.794. The van der Waals surface area contributed by atoms with Gasteiger partial charge in [-0.2, -0.15) is 0 Å². The minimum atomic E-state index is 0.153. The SMILES string of the molecule is CN1C2CNC(=O)CC1COC2. The van der Waals surface area contributed by atoms with Crippen LogP contribution in [0.5, 0.6) is 0 Å². The Morgan fingerprint density at radius 3 is 3.08 bits per heavy atom. The van der Waals surface area contributed by atoms with E-state index in [2.05, 4.69) is 17.3 Å². The van der Waals surface area contributed by atoms with Crippen LogP contribution >= 0.6 is 0 Å². The number of nitrogens with zero attached hydrogens (tertiary/aromatic N) is 1. The molecule has 1 amide bonds. The van der Waals surface area contributed by atoms with Crippen molar-refractivity contribution in [2.24, 2.45) is 0 Å². The van der Waals surface area contributed by atoms with Gasteiger partial charge in [-0.25, -0.2) is 0 Å². The fraction of sp³-hybridized carbons (Fsp3) is 0.875. The van der Waals surface area contributed by atoms with Crippen LogP contribution in [0.4, 0.5) is 0 Å². The molecule has 12 heavy (non-hydrogen) atoms. The van der Waals surface area contributed by atoms with Gasteiger partial charge in [-0.15, -0.1) is 0 Å². The van der Waals surface area contributed by atoms with E-state index in [1.165, 1.54) is 0 Å². The maximum Gasteiger partial charge on any atom is 0.221 e. The number of rotatable bonds is 0. The Bertz CT molecular complexity index is 195. The molecule has 2 unspecified atom stereocenters. The molecule has 2 rings (SSSR count). The van der Waals surface area contributed by atoms with Crippen LogP contribution in [-0.2, 0) is 9.53 Å². The molecule has 0 saturated carbocycles. The standard InChI is InChI=1S/C8H14N2O2/c1-10-6-2-8(11)9-3-7(10)5-12-4-6/h6-7H,2-5H2,1H3,(H,9,11). The fourth-order valence-corrected chi connectivity index (χ4v) is 1.80. The van der Waals surface area contributed by atoms with Crippen LogP contribution < -0.4 is 5.32 Å². The second-order valence-corrected chi connectivity index (χ2v) is 3.52. The first kappa shape index (κ1) is 8.01. The van der Waals surface area contributed by atoms with Crippen LogP contribution in [0.15, 0.2) is 0 Å². The molecule has 0 aliphatic carbocycles.